The van der Waals surface area contributed by atoms with Crippen LogP contribution in [0.2, 0.25) is 0 Å². The minimum Gasteiger partial charge on any atom is -0.352 e. The molecular formula is C10H19N7. The molecule has 0 spiro atoms. The van der Waals surface area contributed by atoms with Gasteiger partial charge in [0.25, 0.3) is 0 Å². The standard InChI is InChI=1S/C10H19N7/c1-7(2)12-8-13-9(16-11)15-10(14-8)17-5-3-4-6-17/h7H,3-6,11H2,1-2H3,(H2,12,13,14,15,16). The monoisotopic (exact) mass is 237 g/mol. The molecule has 0 saturated carbocycles. The van der Waals surface area contributed by atoms with E-state index in [1.807, 2.05) is 13.8 Å². The summed E-state index contributed by atoms with van der Waals surface area (Å²) in [5.41, 5.74) is 2.48. The quantitative estimate of drug-likeness (QED) is 0.521. The molecule has 1 fully saturated rings. The summed E-state index contributed by atoms with van der Waals surface area (Å²) in [6.07, 6.45) is 2.37. The lowest BCUT2D eigenvalue weighted by Gasteiger charge is -2.17. The van der Waals surface area contributed by atoms with Crippen molar-refractivity contribution in [1.29, 1.82) is 0 Å². The Kier molecular flexibility index (Phi) is 3.58. The Labute approximate surface area is 101 Å². The normalized spacial score (nSPS) is 15.4. The van der Waals surface area contributed by atoms with Crippen LogP contribution in [-0.4, -0.2) is 34.1 Å². The summed E-state index contributed by atoms with van der Waals surface area (Å²) < 4.78 is 0. The van der Waals surface area contributed by atoms with Gasteiger partial charge in [-0.05, 0) is 26.7 Å². The van der Waals surface area contributed by atoms with Crippen molar-refractivity contribution in [3.63, 3.8) is 0 Å². The van der Waals surface area contributed by atoms with E-state index in [-0.39, 0.29) is 6.04 Å². The highest BCUT2D eigenvalue weighted by Gasteiger charge is 2.17. The molecule has 0 aromatic carbocycles. The SMILES string of the molecule is CC(C)Nc1nc(NN)nc(N2CCCC2)n1. The molecule has 0 radical (unpaired) electrons. The molecule has 1 aliphatic rings. The lowest BCUT2D eigenvalue weighted by atomic mass is 10.4. The van der Waals surface area contributed by atoms with Crippen LogP contribution in [0.4, 0.5) is 17.8 Å². The molecule has 2 heterocycles. The van der Waals surface area contributed by atoms with Gasteiger partial charge in [0.2, 0.25) is 17.8 Å². The molecule has 0 atom stereocenters. The molecule has 94 valence electrons. The maximum absolute atomic E-state index is 5.37. The summed E-state index contributed by atoms with van der Waals surface area (Å²) >= 11 is 0. The second kappa shape index (κ2) is 5.13. The van der Waals surface area contributed by atoms with Crippen LogP contribution in [0.1, 0.15) is 26.7 Å². The van der Waals surface area contributed by atoms with Gasteiger partial charge in [0.05, 0.1) is 0 Å². The Morgan fingerprint density at radius 3 is 2.35 bits per heavy atom. The van der Waals surface area contributed by atoms with Gasteiger partial charge in [0, 0.05) is 19.1 Å². The van der Waals surface area contributed by atoms with Crippen molar-refractivity contribution in [3.8, 4) is 0 Å². The van der Waals surface area contributed by atoms with Crippen molar-refractivity contribution >= 4 is 17.8 Å². The number of nitrogen functional groups attached to an aromatic ring is 1. The van der Waals surface area contributed by atoms with Gasteiger partial charge in [-0.2, -0.15) is 15.0 Å². The molecule has 17 heavy (non-hydrogen) atoms. The van der Waals surface area contributed by atoms with Crippen molar-refractivity contribution in [2.75, 3.05) is 28.7 Å². The molecule has 0 unspecified atom stereocenters. The van der Waals surface area contributed by atoms with Crippen molar-refractivity contribution in [3.05, 3.63) is 0 Å². The second-order valence-electron chi connectivity index (χ2n) is 4.42. The highest BCUT2D eigenvalue weighted by molar-refractivity contribution is 5.44. The number of aromatic nitrogens is 3. The van der Waals surface area contributed by atoms with Crippen LogP contribution in [0.25, 0.3) is 0 Å². The van der Waals surface area contributed by atoms with Crippen LogP contribution < -0.4 is 21.5 Å². The minimum atomic E-state index is 0.273. The summed E-state index contributed by atoms with van der Waals surface area (Å²) in [6.45, 7) is 6.06. The van der Waals surface area contributed by atoms with Gasteiger partial charge in [-0.3, -0.25) is 5.43 Å². The Morgan fingerprint density at radius 1 is 1.12 bits per heavy atom. The summed E-state index contributed by atoms with van der Waals surface area (Å²) in [7, 11) is 0. The van der Waals surface area contributed by atoms with E-state index < -0.39 is 0 Å². The van der Waals surface area contributed by atoms with E-state index in [4.69, 9.17) is 5.84 Å². The smallest absolute Gasteiger partial charge is 0.243 e. The van der Waals surface area contributed by atoms with Crippen LogP contribution >= 0.6 is 0 Å². The lowest BCUT2D eigenvalue weighted by Crippen LogP contribution is -2.24. The van der Waals surface area contributed by atoms with E-state index in [0.29, 0.717) is 17.8 Å². The van der Waals surface area contributed by atoms with E-state index in [9.17, 15) is 0 Å². The average Bonchev–Trinajstić information content (AvgIpc) is 2.81. The fourth-order valence-corrected chi connectivity index (χ4v) is 1.81. The molecule has 4 N–H and O–H groups in total. The first kappa shape index (κ1) is 11.8. The van der Waals surface area contributed by atoms with E-state index in [1.54, 1.807) is 0 Å². The van der Waals surface area contributed by atoms with Crippen molar-refractivity contribution in [1.82, 2.24) is 15.0 Å². The fourth-order valence-electron chi connectivity index (χ4n) is 1.81. The third-order valence-corrected chi connectivity index (χ3v) is 2.56. The second-order valence-corrected chi connectivity index (χ2v) is 4.42. The van der Waals surface area contributed by atoms with Crippen LogP contribution in [-0.2, 0) is 0 Å². The lowest BCUT2D eigenvalue weighted by molar-refractivity contribution is 0.842. The molecule has 0 bridgehead atoms. The number of nitrogens with zero attached hydrogens (tertiary/aromatic N) is 4. The molecular weight excluding hydrogens is 218 g/mol. The van der Waals surface area contributed by atoms with Gasteiger partial charge in [-0.25, -0.2) is 5.84 Å². The van der Waals surface area contributed by atoms with Gasteiger partial charge in [-0.15, -0.1) is 0 Å². The summed E-state index contributed by atoms with van der Waals surface area (Å²) in [6, 6.07) is 0.273. The van der Waals surface area contributed by atoms with Gasteiger partial charge in [0.1, 0.15) is 0 Å². The van der Waals surface area contributed by atoms with Gasteiger partial charge < -0.3 is 10.2 Å². The average molecular weight is 237 g/mol. The van der Waals surface area contributed by atoms with Gasteiger partial charge in [-0.1, -0.05) is 0 Å². The summed E-state index contributed by atoms with van der Waals surface area (Å²) in [4.78, 5) is 15.0. The number of nitrogens with one attached hydrogen (secondary N) is 2. The first-order valence-corrected chi connectivity index (χ1v) is 5.93. The van der Waals surface area contributed by atoms with E-state index in [1.165, 1.54) is 12.8 Å². The minimum absolute atomic E-state index is 0.273. The zero-order valence-electron chi connectivity index (χ0n) is 10.3. The van der Waals surface area contributed by atoms with Crippen molar-refractivity contribution in [2.45, 2.75) is 32.7 Å². The van der Waals surface area contributed by atoms with Gasteiger partial charge >= 0.3 is 0 Å². The molecule has 7 heteroatoms. The maximum atomic E-state index is 5.37. The molecule has 1 aromatic heterocycles. The highest BCUT2D eigenvalue weighted by atomic mass is 15.4. The number of hydrogen-bond donors (Lipinski definition) is 3. The van der Waals surface area contributed by atoms with E-state index in [2.05, 4.69) is 30.6 Å². The van der Waals surface area contributed by atoms with Crippen molar-refractivity contribution in [2.24, 2.45) is 5.84 Å². The number of anilines is 3. The molecule has 1 aromatic rings. The maximum Gasteiger partial charge on any atom is 0.243 e. The zero-order valence-corrected chi connectivity index (χ0v) is 10.3. The number of hydrazine groups is 1. The predicted octanol–water partition coefficient (Wildman–Crippen LogP) is 0.578. The Bertz CT molecular complexity index is 373. The Hall–Kier alpha value is -1.63. The Morgan fingerprint density at radius 2 is 1.76 bits per heavy atom. The first-order valence-electron chi connectivity index (χ1n) is 5.93. The van der Waals surface area contributed by atoms with E-state index >= 15 is 0 Å². The molecule has 0 aliphatic carbocycles. The van der Waals surface area contributed by atoms with Crippen LogP contribution in [0.3, 0.4) is 0 Å². The topological polar surface area (TPSA) is 92.0 Å². The predicted molar refractivity (Wildman–Crippen MR) is 67.8 cm³/mol. The largest absolute Gasteiger partial charge is 0.352 e. The summed E-state index contributed by atoms with van der Waals surface area (Å²) in [5, 5.41) is 3.16. The third-order valence-electron chi connectivity index (χ3n) is 2.56. The van der Waals surface area contributed by atoms with Crippen molar-refractivity contribution < 1.29 is 0 Å². The zero-order chi connectivity index (χ0) is 12.3. The summed E-state index contributed by atoms with van der Waals surface area (Å²) in [5.74, 6) is 7.01. The molecule has 1 saturated heterocycles. The van der Waals surface area contributed by atoms with E-state index in [0.717, 1.165) is 13.1 Å². The first-order chi connectivity index (χ1) is 8.19. The number of nitrogens with two attached hydrogens (primary N) is 1. The third kappa shape index (κ3) is 2.94. The van der Waals surface area contributed by atoms with Crippen LogP contribution in [0, 0.1) is 0 Å². The number of rotatable bonds is 4. The highest BCUT2D eigenvalue weighted by Crippen LogP contribution is 2.18. The Balaban J connectivity index is 2.24. The fraction of sp³-hybridized carbons (Fsp3) is 0.700. The molecule has 2 rings (SSSR count). The van der Waals surface area contributed by atoms with Gasteiger partial charge in [0.15, 0.2) is 0 Å². The van der Waals surface area contributed by atoms with Crippen LogP contribution in [0.15, 0.2) is 0 Å². The molecule has 7 nitrogen and oxygen atoms in total. The number of hydrogen-bond acceptors (Lipinski definition) is 7. The van der Waals surface area contributed by atoms with Crippen LogP contribution in [0.5, 0.6) is 0 Å². The molecule has 1 aliphatic heterocycles. The molecule has 0 amide bonds.